The molecule has 0 bridgehead atoms. The highest BCUT2D eigenvalue weighted by Gasteiger charge is 2.12. The first-order chi connectivity index (χ1) is 10.1. The van der Waals surface area contributed by atoms with Gasteiger partial charge in [-0.1, -0.05) is 34.2 Å². The predicted octanol–water partition coefficient (Wildman–Crippen LogP) is 4.80. The summed E-state index contributed by atoms with van der Waals surface area (Å²) in [7, 11) is 4.01. The maximum absolute atomic E-state index is 5.99. The number of alkyl halides is 1. The number of hydrogen-bond acceptors (Lipinski definition) is 3. The van der Waals surface area contributed by atoms with E-state index in [-0.39, 0.29) is 0 Å². The van der Waals surface area contributed by atoms with Crippen molar-refractivity contribution in [2.24, 2.45) is 0 Å². The Hall–Kier alpha value is -1.56. The van der Waals surface area contributed by atoms with E-state index in [1.807, 2.05) is 31.1 Å². The molecule has 3 nitrogen and oxygen atoms in total. The van der Waals surface area contributed by atoms with Gasteiger partial charge in [0.1, 0.15) is 17.2 Å². The maximum Gasteiger partial charge on any atom is 0.137 e. The van der Waals surface area contributed by atoms with E-state index in [1.54, 1.807) is 0 Å². The van der Waals surface area contributed by atoms with Crippen molar-refractivity contribution in [3.8, 4) is 11.3 Å². The fourth-order valence-electron chi connectivity index (χ4n) is 2.36. The van der Waals surface area contributed by atoms with Crippen molar-refractivity contribution in [1.82, 2.24) is 4.98 Å². The number of anilines is 1. The van der Waals surface area contributed by atoms with Gasteiger partial charge in [-0.3, -0.25) is 0 Å². The Morgan fingerprint density at radius 2 is 1.95 bits per heavy atom. The van der Waals surface area contributed by atoms with Gasteiger partial charge < -0.3 is 9.32 Å². The first-order valence-electron chi connectivity index (χ1n) is 6.82. The molecule has 0 fully saturated rings. The van der Waals surface area contributed by atoms with Crippen LogP contribution in [0.5, 0.6) is 0 Å². The quantitative estimate of drug-likeness (QED) is 0.474. The summed E-state index contributed by atoms with van der Waals surface area (Å²) >= 11 is 2.35. The highest BCUT2D eigenvalue weighted by molar-refractivity contribution is 14.1. The molecular formula is C17H17IN2O. The average molecular weight is 392 g/mol. The second-order valence-electron chi connectivity index (χ2n) is 5.34. The van der Waals surface area contributed by atoms with Crippen molar-refractivity contribution in [3.63, 3.8) is 0 Å². The van der Waals surface area contributed by atoms with E-state index >= 15 is 0 Å². The zero-order valence-corrected chi connectivity index (χ0v) is 14.5. The Morgan fingerprint density at radius 1 is 1.14 bits per heavy atom. The molecule has 0 aliphatic rings. The van der Waals surface area contributed by atoms with Gasteiger partial charge in [0.2, 0.25) is 0 Å². The van der Waals surface area contributed by atoms with E-state index in [0.717, 1.165) is 38.2 Å². The number of benzene rings is 1. The number of nitrogens with zero attached hydrogens (tertiary/aromatic N) is 2. The standard InChI is InChI=1S/C17H17IN2O/c1-11-4-6-15-12(8-11)9-16(21-15)13-5-7-17(20(2)3)19-14(13)10-18/h4-9H,10H2,1-3H3. The normalized spacial score (nSPS) is 11.0. The minimum absolute atomic E-state index is 0.852. The fraction of sp³-hybridized carbons (Fsp3) is 0.235. The van der Waals surface area contributed by atoms with Crippen molar-refractivity contribution in [3.05, 3.63) is 47.7 Å². The molecule has 0 aliphatic heterocycles. The van der Waals surface area contributed by atoms with E-state index in [9.17, 15) is 0 Å². The van der Waals surface area contributed by atoms with Gasteiger partial charge >= 0.3 is 0 Å². The Labute approximate surface area is 138 Å². The van der Waals surface area contributed by atoms with Crippen molar-refractivity contribution < 1.29 is 4.42 Å². The number of furan rings is 1. The first kappa shape index (κ1) is 14.4. The van der Waals surface area contributed by atoms with Crippen LogP contribution < -0.4 is 4.90 Å². The molecule has 0 radical (unpaired) electrons. The lowest BCUT2D eigenvalue weighted by Gasteiger charge is -2.13. The van der Waals surface area contributed by atoms with Crippen molar-refractivity contribution >= 4 is 39.4 Å². The smallest absolute Gasteiger partial charge is 0.137 e. The molecule has 0 amide bonds. The molecule has 2 aromatic heterocycles. The van der Waals surface area contributed by atoms with Gasteiger partial charge in [0.05, 0.1) is 5.69 Å². The van der Waals surface area contributed by atoms with Crippen LogP contribution in [0.2, 0.25) is 0 Å². The van der Waals surface area contributed by atoms with Gasteiger partial charge in [0.25, 0.3) is 0 Å². The molecule has 0 saturated heterocycles. The molecule has 0 aliphatic carbocycles. The van der Waals surface area contributed by atoms with Crippen LogP contribution in [0.25, 0.3) is 22.3 Å². The topological polar surface area (TPSA) is 29.3 Å². The third-order valence-corrected chi connectivity index (χ3v) is 4.20. The number of pyridine rings is 1. The third kappa shape index (κ3) is 2.77. The summed E-state index contributed by atoms with van der Waals surface area (Å²) in [5, 5.41) is 1.14. The van der Waals surface area contributed by atoms with Crippen LogP contribution in [0.4, 0.5) is 5.82 Å². The summed E-state index contributed by atoms with van der Waals surface area (Å²) in [4.78, 5) is 6.73. The summed E-state index contributed by atoms with van der Waals surface area (Å²) in [6.45, 7) is 2.09. The second-order valence-corrected chi connectivity index (χ2v) is 6.11. The van der Waals surface area contributed by atoms with Crippen LogP contribution in [0, 0.1) is 6.92 Å². The van der Waals surface area contributed by atoms with Crippen LogP contribution in [-0.4, -0.2) is 19.1 Å². The van der Waals surface area contributed by atoms with Crippen LogP contribution in [0.1, 0.15) is 11.3 Å². The molecule has 3 aromatic rings. The summed E-state index contributed by atoms with van der Waals surface area (Å²) in [6, 6.07) is 12.5. The molecule has 21 heavy (non-hydrogen) atoms. The monoisotopic (exact) mass is 392 g/mol. The van der Waals surface area contributed by atoms with Crippen molar-refractivity contribution in [2.75, 3.05) is 19.0 Å². The number of hydrogen-bond donors (Lipinski definition) is 0. The molecule has 0 atom stereocenters. The van der Waals surface area contributed by atoms with Gasteiger partial charge in [-0.25, -0.2) is 4.98 Å². The Balaban J connectivity index is 2.13. The van der Waals surface area contributed by atoms with Crippen molar-refractivity contribution in [1.29, 1.82) is 0 Å². The molecule has 4 heteroatoms. The summed E-state index contributed by atoms with van der Waals surface area (Å²) in [5.74, 6) is 1.86. The highest BCUT2D eigenvalue weighted by atomic mass is 127. The zero-order valence-electron chi connectivity index (χ0n) is 12.4. The van der Waals surface area contributed by atoms with Crippen LogP contribution >= 0.6 is 22.6 Å². The molecule has 1 aromatic carbocycles. The molecule has 0 N–H and O–H groups in total. The molecule has 108 valence electrons. The Kier molecular flexibility index (Phi) is 3.89. The number of halogens is 1. The van der Waals surface area contributed by atoms with Gasteiger partial charge in [-0.2, -0.15) is 0 Å². The number of aromatic nitrogens is 1. The van der Waals surface area contributed by atoms with Gasteiger partial charge in [-0.15, -0.1) is 0 Å². The third-order valence-electron chi connectivity index (χ3n) is 3.48. The van der Waals surface area contributed by atoms with E-state index in [2.05, 4.69) is 53.8 Å². The van der Waals surface area contributed by atoms with E-state index in [4.69, 9.17) is 9.40 Å². The fourth-order valence-corrected chi connectivity index (χ4v) is 2.94. The van der Waals surface area contributed by atoms with Gasteiger partial charge in [0.15, 0.2) is 0 Å². The molecular weight excluding hydrogens is 375 g/mol. The molecule has 0 saturated carbocycles. The van der Waals surface area contributed by atoms with E-state index < -0.39 is 0 Å². The molecule has 3 rings (SSSR count). The summed E-state index contributed by atoms with van der Waals surface area (Å²) in [6.07, 6.45) is 0. The van der Waals surface area contributed by atoms with Crippen LogP contribution in [0.3, 0.4) is 0 Å². The molecule has 0 unspecified atom stereocenters. The lowest BCUT2D eigenvalue weighted by molar-refractivity contribution is 0.630. The van der Waals surface area contributed by atoms with E-state index in [1.165, 1.54) is 5.56 Å². The predicted molar refractivity (Wildman–Crippen MR) is 96.2 cm³/mol. The highest BCUT2D eigenvalue weighted by Crippen LogP contribution is 2.32. The minimum Gasteiger partial charge on any atom is -0.456 e. The molecule has 0 spiro atoms. The minimum atomic E-state index is 0.852. The largest absolute Gasteiger partial charge is 0.456 e. The van der Waals surface area contributed by atoms with Gasteiger partial charge in [0, 0.05) is 29.5 Å². The maximum atomic E-state index is 5.99. The average Bonchev–Trinajstić information content (AvgIpc) is 2.89. The summed E-state index contributed by atoms with van der Waals surface area (Å²) < 4.78 is 6.85. The van der Waals surface area contributed by atoms with E-state index in [0.29, 0.717) is 0 Å². The van der Waals surface area contributed by atoms with Crippen LogP contribution in [-0.2, 0) is 4.43 Å². The number of aryl methyl sites for hydroxylation is 1. The zero-order chi connectivity index (χ0) is 15.0. The Bertz CT molecular complexity index is 793. The first-order valence-corrected chi connectivity index (χ1v) is 8.35. The summed E-state index contributed by atoms with van der Waals surface area (Å²) in [5.41, 5.74) is 4.29. The Morgan fingerprint density at radius 3 is 2.67 bits per heavy atom. The number of fused-ring (bicyclic) bond motifs is 1. The van der Waals surface area contributed by atoms with Gasteiger partial charge in [-0.05, 0) is 37.3 Å². The molecule has 2 heterocycles. The lowest BCUT2D eigenvalue weighted by Crippen LogP contribution is -2.11. The second kappa shape index (κ2) is 5.67. The lowest BCUT2D eigenvalue weighted by atomic mass is 10.1. The number of rotatable bonds is 3. The van der Waals surface area contributed by atoms with Crippen LogP contribution in [0.15, 0.2) is 40.8 Å². The SMILES string of the molecule is Cc1ccc2oc(-c3ccc(N(C)C)nc3CI)cc2c1. The van der Waals surface area contributed by atoms with Crippen molar-refractivity contribution in [2.45, 2.75) is 11.4 Å².